The van der Waals surface area contributed by atoms with Crippen molar-refractivity contribution in [2.75, 3.05) is 6.54 Å². The minimum Gasteiger partial charge on any atom is -0.481 e. The SMILES string of the molecule is N#Cc1cccc([C@H]2[C@H](C(=O)O)CCC(=O)N2CCc2ccccc2)c1. The predicted molar refractivity (Wildman–Crippen MR) is 96.1 cm³/mol. The van der Waals surface area contributed by atoms with Crippen LogP contribution < -0.4 is 0 Å². The third-order valence-corrected chi connectivity index (χ3v) is 4.87. The number of aliphatic carboxylic acids is 1. The van der Waals surface area contributed by atoms with Crippen LogP contribution in [0.15, 0.2) is 54.6 Å². The minimum atomic E-state index is -0.908. The zero-order chi connectivity index (χ0) is 18.5. The molecule has 0 aromatic heterocycles. The van der Waals surface area contributed by atoms with Crippen molar-refractivity contribution in [1.82, 2.24) is 4.90 Å². The fourth-order valence-corrected chi connectivity index (χ4v) is 3.57. The monoisotopic (exact) mass is 348 g/mol. The lowest BCUT2D eigenvalue weighted by Gasteiger charge is -2.40. The molecule has 5 nitrogen and oxygen atoms in total. The molecule has 2 aromatic carbocycles. The summed E-state index contributed by atoms with van der Waals surface area (Å²) in [5.74, 6) is -1.61. The van der Waals surface area contributed by atoms with Crippen molar-refractivity contribution in [1.29, 1.82) is 5.26 Å². The molecule has 0 saturated carbocycles. The third-order valence-electron chi connectivity index (χ3n) is 4.87. The molecule has 5 heteroatoms. The van der Waals surface area contributed by atoms with Crippen LogP contribution >= 0.6 is 0 Å². The van der Waals surface area contributed by atoms with E-state index in [0.717, 1.165) is 5.56 Å². The highest BCUT2D eigenvalue weighted by atomic mass is 16.4. The summed E-state index contributed by atoms with van der Waals surface area (Å²) in [6, 6.07) is 18.3. The highest BCUT2D eigenvalue weighted by Gasteiger charge is 2.40. The molecule has 3 rings (SSSR count). The van der Waals surface area contributed by atoms with Crippen molar-refractivity contribution in [3.63, 3.8) is 0 Å². The number of hydrogen-bond acceptors (Lipinski definition) is 3. The van der Waals surface area contributed by atoms with Gasteiger partial charge in [0.15, 0.2) is 0 Å². The fraction of sp³-hybridized carbons (Fsp3) is 0.286. The van der Waals surface area contributed by atoms with Crippen LogP contribution in [0.3, 0.4) is 0 Å². The van der Waals surface area contributed by atoms with Crippen LogP contribution in [0.1, 0.15) is 35.6 Å². The van der Waals surface area contributed by atoms with Gasteiger partial charge in [0.25, 0.3) is 0 Å². The maximum Gasteiger partial charge on any atom is 0.308 e. The molecule has 1 aliphatic rings. The molecule has 1 heterocycles. The highest BCUT2D eigenvalue weighted by Crippen LogP contribution is 2.37. The van der Waals surface area contributed by atoms with Gasteiger partial charge in [-0.25, -0.2) is 0 Å². The van der Waals surface area contributed by atoms with Crippen LogP contribution in [0.4, 0.5) is 0 Å². The van der Waals surface area contributed by atoms with E-state index in [0.29, 0.717) is 30.5 Å². The molecule has 1 aliphatic heterocycles. The highest BCUT2D eigenvalue weighted by molar-refractivity contribution is 5.81. The van der Waals surface area contributed by atoms with Gasteiger partial charge in [-0.3, -0.25) is 9.59 Å². The van der Waals surface area contributed by atoms with E-state index in [2.05, 4.69) is 6.07 Å². The van der Waals surface area contributed by atoms with E-state index >= 15 is 0 Å². The van der Waals surface area contributed by atoms with E-state index in [1.807, 2.05) is 30.3 Å². The maximum absolute atomic E-state index is 12.6. The first-order valence-corrected chi connectivity index (χ1v) is 8.66. The second-order valence-corrected chi connectivity index (χ2v) is 6.49. The summed E-state index contributed by atoms with van der Waals surface area (Å²) in [5.41, 5.74) is 2.27. The van der Waals surface area contributed by atoms with Crippen molar-refractivity contribution >= 4 is 11.9 Å². The molecule has 132 valence electrons. The van der Waals surface area contributed by atoms with Crippen LogP contribution in [0, 0.1) is 17.2 Å². The Balaban J connectivity index is 1.92. The van der Waals surface area contributed by atoms with Gasteiger partial charge in [0.05, 0.1) is 23.6 Å². The first kappa shape index (κ1) is 17.7. The lowest BCUT2D eigenvalue weighted by atomic mass is 9.83. The summed E-state index contributed by atoms with van der Waals surface area (Å²) in [7, 11) is 0. The van der Waals surface area contributed by atoms with Crippen LogP contribution in [0.5, 0.6) is 0 Å². The summed E-state index contributed by atoms with van der Waals surface area (Å²) in [6.07, 6.45) is 1.21. The number of benzene rings is 2. The quantitative estimate of drug-likeness (QED) is 0.900. The van der Waals surface area contributed by atoms with E-state index in [1.165, 1.54) is 0 Å². The van der Waals surface area contributed by atoms with Gasteiger partial charge in [-0.2, -0.15) is 5.26 Å². The van der Waals surface area contributed by atoms with Gasteiger partial charge in [-0.1, -0.05) is 42.5 Å². The second kappa shape index (κ2) is 7.83. The molecule has 2 atom stereocenters. The third kappa shape index (κ3) is 3.75. The molecule has 0 aliphatic carbocycles. The average molecular weight is 348 g/mol. The Kier molecular flexibility index (Phi) is 5.33. The van der Waals surface area contributed by atoms with Crippen molar-refractivity contribution in [2.24, 2.45) is 5.92 Å². The normalized spacial score (nSPS) is 19.8. The van der Waals surface area contributed by atoms with Crippen LogP contribution in [0.25, 0.3) is 0 Å². The summed E-state index contributed by atoms with van der Waals surface area (Å²) in [4.78, 5) is 26.1. The molecular weight excluding hydrogens is 328 g/mol. The number of piperidine rings is 1. The van der Waals surface area contributed by atoms with Gasteiger partial charge in [-0.15, -0.1) is 0 Å². The molecule has 1 saturated heterocycles. The molecule has 1 N–H and O–H groups in total. The Hall–Kier alpha value is -3.13. The number of carboxylic acid groups (broad SMARTS) is 1. The second-order valence-electron chi connectivity index (χ2n) is 6.49. The van der Waals surface area contributed by atoms with E-state index < -0.39 is 17.9 Å². The van der Waals surface area contributed by atoms with E-state index in [1.54, 1.807) is 29.2 Å². The molecule has 26 heavy (non-hydrogen) atoms. The smallest absolute Gasteiger partial charge is 0.308 e. The number of hydrogen-bond donors (Lipinski definition) is 1. The summed E-state index contributed by atoms with van der Waals surface area (Å²) in [6.45, 7) is 0.452. The van der Waals surface area contributed by atoms with Gasteiger partial charge in [0, 0.05) is 13.0 Å². The summed E-state index contributed by atoms with van der Waals surface area (Å²) >= 11 is 0. The van der Waals surface area contributed by atoms with Gasteiger partial charge in [0.1, 0.15) is 0 Å². The number of rotatable bonds is 5. The molecule has 0 spiro atoms. The molecule has 0 unspecified atom stereocenters. The number of carboxylic acids is 1. The predicted octanol–water partition coefficient (Wildman–Crippen LogP) is 3.17. The van der Waals surface area contributed by atoms with E-state index in [-0.39, 0.29) is 12.3 Å². The minimum absolute atomic E-state index is 0.0363. The first-order valence-electron chi connectivity index (χ1n) is 8.66. The van der Waals surface area contributed by atoms with E-state index in [4.69, 9.17) is 5.26 Å². The Morgan fingerprint density at radius 3 is 2.65 bits per heavy atom. The van der Waals surface area contributed by atoms with Crippen molar-refractivity contribution in [3.8, 4) is 6.07 Å². The number of nitrogens with zero attached hydrogens (tertiary/aromatic N) is 2. The molecule has 2 aromatic rings. The van der Waals surface area contributed by atoms with E-state index in [9.17, 15) is 14.7 Å². The Morgan fingerprint density at radius 1 is 1.19 bits per heavy atom. The summed E-state index contributed by atoms with van der Waals surface area (Å²) < 4.78 is 0. The van der Waals surface area contributed by atoms with Gasteiger partial charge in [0.2, 0.25) is 5.91 Å². The molecule has 0 radical (unpaired) electrons. The number of carbonyl (C=O) groups excluding carboxylic acids is 1. The fourth-order valence-electron chi connectivity index (χ4n) is 3.57. The number of amides is 1. The van der Waals surface area contributed by atoms with Crippen molar-refractivity contribution in [2.45, 2.75) is 25.3 Å². The Labute approximate surface area is 152 Å². The molecule has 1 fully saturated rings. The van der Waals surface area contributed by atoms with Gasteiger partial charge in [-0.05, 0) is 36.1 Å². The largest absolute Gasteiger partial charge is 0.481 e. The van der Waals surface area contributed by atoms with Crippen molar-refractivity contribution < 1.29 is 14.7 Å². The molecule has 0 bridgehead atoms. The topological polar surface area (TPSA) is 81.4 Å². The van der Waals surface area contributed by atoms with Crippen LogP contribution in [-0.4, -0.2) is 28.4 Å². The number of nitriles is 1. The van der Waals surface area contributed by atoms with Crippen LogP contribution in [0.2, 0.25) is 0 Å². The average Bonchev–Trinajstić information content (AvgIpc) is 2.67. The van der Waals surface area contributed by atoms with Crippen LogP contribution in [-0.2, 0) is 16.0 Å². The number of carbonyl (C=O) groups is 2. The first-order chi connectivity index (χ1) is 12.6. The molecule has 1 amide bonds. The number of likely N-dealkylation sites (tertiary alicyclic amines) is 1. The Morgan fingerprint density at radius 2 is 1.96 bits per heavy atom. The van der Waals surface area contributed by atoms with Gasteiger partial charge >= 0.3 is 5.97 Å². The zero-order valence-corrected chi connectivity index (χ0v) is 14.3. The summed E-state index contributed by atoms with van der Waals surface area (Å²) in [5, 5.41) is 18.8. The zero-order valence-electron chi connectivity index (χ0n) is 14.3. The van der Waals surface area contributed by atoms with Gasteiger partial charge < -0.3 is 10.0 Å². The van der Waals surface area contributed by atoms with Crippen molar-refractivity contribution in [3.05, 3.63) is 71.3 Å². The maximum atomic E-state index is 12.6. The lowest BCUT2D eigenvalue weighted by Crippen LogP contribution is -2.46. The Bertz CT molecular complexity index is 842. The lowest BCUT2D eigenvalue weighted by molar-refractivity contribution is -0.152. The standard InChI is InChI=1S/C21H20N2O3/c22-14-16-7-4-8-17(13-16)20-18(21(25)26)9-10-19(24)23(20)12-11-15-5-2-1-3-6-15/h1-8,13,18,20H,9-12H2,(H,25,26)/t18-,20+/m1/s1. The molecular formula is C21H20N2O3.